The maximum absolute atomic E-state index is 13.6. The second-order valence-electron chi connectivity index (χ2n) is 9.11. The van der Waals surface area contributed by atoms with E-state index in [1.165, 1.54) is 20.3 Å². The Bertz CT molecular complexity index is 1520. The summed E-state index contributed by atoms with van der Waals surface area (Å²) in [6.07, 6.45) is 3.51. The molecule has 2 aromatic carbocycles. The number of nitrogens with zero attached hydrogens (tertiary/aromatic N) is 1. The third-order valence-corrected chi connectivity index (χ3v) is 7.03. The number of methoxy groups -OCH3 is 2. The molecule has 1 aromatic heterocycles. The van der Waals surface area contributed by atoms with E-state index in [2.05, 4.69) is 4.98 Å². The van der Waals surface area contributed by atoms with Crippen LogP contribution < -0.4 is 10.9 Å². The smallest absolute Gasteiger partial charge is 0.343 e. The molecule has 36 heavy (non-hydrogen) atoms. The molecule has 5 rings (SSSR count). The number of para-hydroxylation sites is 1. The van der Waals surface area contributed by atoms with Gasteiger partial charge < -0.3 is 24.5 Å². The topological polar surface area (TPSA) is 109 Å². The molecule has 2 aliphatic rings. The van der Waals surface area contributed by atoms with Crippen molar-refractivity contribution in [2.75, 3.05) is 20.8 Å². The lowest BCUT2D eigenvalue weighted by molar-refractivity contribution is -0.156. The van der Waals surface area contributed by atoms with Gasteiger partial charge in [-0.25, -0.2) is 9.59 Å². The van der Waals surface area contributed by atoms with Crippen molar-refractivity contribution in [3.05, 3.63) is 76.6 Å². The van der Waals surface area contributed by atoms with Crippen molar-refractivity contribution in [2.45, 2.75) is 12.0 Å². The Labute approximate surface area is 209 Å². The first-order valence-electron chi connectivity index (χ1n) is 11.6. The maximum atomic E-state index is 13.6. The standard InChI is InChI=1S/C26H24B2N2O6/c1-35-24(33)18-9-13(21(31)17-10-14(27)11-19(28)22(17)32)12-30-8-7-16-15-5-3-4-6-20(15)29-23(16)26(18,30)25(34)36-2/h3-6,9-12,29,32H,7-8,27-28H2,1-2H3. The molecule has 2 N–H and O–H groups in total. The van der Waals surface area contributed by atoms with E-state index >= 15 is 0 Å². The summed E-state index contributed by atoms with van der Waals surface area (Å²) in [5.41, 5.74) is 2.17. The highest BCUT2D eigenvalue weighted by Gasteiger charge is 2.58. The van der Waals surface area contributed by atoms with Crippen LogP contribution in [0.5, 0.6) is 5.75 Å². The Morgan fingerprint density at radius 1 is 1.11 bits per heavy atom. The van der Waals surface area contributed by atoms with Crippen molar-refractivity contribution in [2.24, 2.45) is 0 Å². The Hall–Kier alpha value is -4.20. The lowest BCUT2D eigenvalue weighted by Crippen LogP contribution is -2.58. The molecule has 3 aromatic rings. The molecule has 1 atom stereocenters. The summed E-state index contributed by atoms with van der Waals surface area (Å²) in [5.74, 6) is -2.04. The number of aromatic hydroxyl groups is 1. The number of Topliss-reactive ketones (excluding diaryl/α,β-unsaturated/α-hetero) is 1. The molecule has 8 nitrogen and oxygen atoms in total. The minimum absolute atomic E-state index is 0.0425. The minimum Gasteiger partial charge on any atom is -0.508 e. The number of hydrogen-bond acceptors (Lipinski definition) is 7. The van der Waals surface area contributed by atoms with Crippen LogP contribution >= 0.6 is 0 Å². The van der Waals surface area contributed by atoms with E-state index < -0.39 is 23.3 Å². The molecule has 0 saturated carbocycles. The number of esters is 2. The molecule has 2 aliphatic heterocycles. The zero-order valence-corrected chi connectivity index (χ0v) is 20.5. The zero-order valence-electron chi connectivity index (χ0n) is 20.5. The van der Waals surface area contributed by atoms with Crippen LogP contribution in [0.1, 0.15) is 21.6 Å². The van der Waals surface area contributed by atoms with Gasteiger partial charge in [0.15, 0.2) is 5.78 Å². The number of fused-ring (bicyclic) bond motifs is 5. The summed E-state index contributed by atoms with van der Waals surface area (Å²) in [7, 11) is 6.04. The number of nitrogens with one attached hydrogen (secondary N) is 1. The van der Waals surface area contributed by atoms with Gasteiger partial charge in [0, 0.05) is 29.2 Å². The number of aromatic amines is 1. The van der Waals surface area contributed by atoms with Crippen molar-refractivity contribution in [3.8, 4) is 5.75 Å². The number of rotatable bonds is 4. The molecule has 180 valence electrons. The van der Waals surface area contributed by atoms with E-state index in [-0.39, 0.29) is 22.5 Å². The van der Waals surface area contributed by atoms with Gasteiger partial charge in [0.2, 0.25) is 5.54 Å². The van der Waals surface area contributed by atoms with E-state index in [9.17, 15) is 19.5 Å². The number of allylic oxidation sites excluding steroid dienone is 2. The third-order valence-electron chi connectivity index (χ3n) is 7.03. The molecule has 0 radical (unpaired) electrons. The van der Waals surface area contributed by atoms with Crippen LogP contribution in [0, 0.1) is 0 Å². The number of ketones is 1. The molecule has 0 bridgehead atoms. The van der Waals surface area contributed by atoms with Crippen molar-refractivity contribution in [1.29, 1.82) is 0 Å². The predicted octanol–water partition coefficient (Wildman–Crippen LogP) is -0.503. The molecular weight excluding hydrogens is 458 g/mol. The van der Waals surface area contributed by atoms with Gasteiger partial charge in [-0.15, -0.1) is 0 Å². The summed E-state index contributed by atoms with van der Waals surface area (Å²) >= 11 is 0. The van der Waals surface area contributed by atoms with Gasteiger partial charge in [-0.3, -0.25) is 4.79 Å². The Kier molecular flexibility index (Phi) is 5.54. The van der Waals surface area contributed by atoms with Crippen molar-refractivity contribution < 1.29 is 29.0 Å². The monoisotopic (exact) mass is 482 g/mol. The summed E-state index contributed by atoms with van der Waals surface area (Å²) in [6, 6.07) is 11.0. The normalized spacial score (nSPS) is 18.6. The highest BCUT2D eigenvalue weighted by molar-refractivity contribution is 6.40. The average molecular weight is 482 g/mol. The number of phenols is 1. The number of phenolic OH excluding ortho intramolecular Hbond substituents is 1. The Morgan fingerprint density at radius 3 is 2.58 bits per heavy atom. The van der Waals surface area contributed by atoms with Crippen LogP contribution in [-0.2, 0) is 31.0 Å². The zero-order chi connectivity index (χ0) is 25.8. The fourth-order valence-electron chi connectivity index (χ4n) is 5.43. The van der Waals surface area contributed by atoms with E-state index in [0.717, 1.165) is 21.9 Å². The fourth-order valence-corrected chi connectivity index (χ4v) is 5.43. The maximum Gasteiger partial charge on any atom is 0.343 e. The molecule has 0 fully saturated rings. The number of H-pyrrole nitrogens is 1. The minimum atomic E-state index is -1.66. The highest BCUT2D eigenvalue weighted by atomic mass is 16.5. The van der Waals surface area contributed by atoms with E-state index in [0.29, 0.717) is 24.1 Å². The first-order valence-corrected chi connectivity index (χ1v) is 11.6. The van der Waals surface area contributed by atoms with Gasteiger partial charge in [-0.05, 0) is 29.6 Å². The van der Waals surface area contributed by atoms with Gasteiger partial charge in [0.1, 0.15) is 21.4 Å². The molecule has 0 amide bonds. The molecule has 3 heterocycles. The summed E-state index contributed by atoms with van der Waals surface area (Å²) in [6.45, 7) is 0.341. The molecular formula is C26H24B2N2O6. The molecule has 0 saturated heterocycles. The lowest BCUT2D eigenvalue weighted by Gasteiger charge is -2.46. The summed E-state index contributed by atoms with van der Waals surface area (Å²) in [4.78, 5) is 45.4. The lowest BCUT2D eigenvalue weighted by atomic mass is 9.75. The fraction of sp³-hybridized carbons (Fsp3) is 0.192. The number of carbonyl (C=O) groups excluding carboxylic acids is 3. The van der Waals surface area contributed by atoms with Crippen LogP contribution in [0.3, 0.4) is 0 Å². The number of aromatic nitrogens is 1. The Morgan fingerprint density at radius 2 is 1.86 bits per heavy atom. The number of ether oxygens (including phenoxy) is 2. The van der Waals surface area contributed by atoms with Crippen LogP contribution in [-0.4, -0.2) is 69.2 Å². The van der Waals surface area contributed by atoms with Gasteiger partial charge in [-0.2, -0.15) is 0 Å². The molecule has 0 spiro atoms. The van der Waals surface area contributed by atoms with Crippen LogP contribution in [0.15, 0.2) is 59.8 Å². The molecule has 0 aliphatic carbocycles. The number of carbonyl (C=O) groups is 3. The van der Waals surface area contributed by atoms with Crippen LogP contribution in [0.4, 0.5) is 0 Å². The molecule has 1 unspecified atom stereocenters. The highest BCUT2D eigenvalue weighted by Crippen LogP contribution is 2.47. The van der Waals surface area contributed by atoms with E-state index in [1.54, 1.807) is 31.1 Å². The average Bonchev–Trinajstić information content (AvgIpc) is 3.27. The second kappa shape index (κ2) is 8.48. The van der Waals surface area contributed by atoms with Crippen LogP contribution in [0.25, 0.3) is 10.9 Å². The van der Waals surface area contributed by atoms with Crippen molar-refractivity contribution in [1.82, 2.24) is 9.88 Å². The van der Waals surface area contributed by atoms with Gasteiger partial charge in [-0.1, -0.05) is 35.8 Å². The molecule has 10 heteroatoms. The third kappa shape index (κ3) is 3.21. The number of benzene rings is 2. The quantitative estimate of drug-likeness (QED) is 0.293. The SMILES string of the molecule is Bc1cc(B)c(O)c(C(=O)C2=CN3CCc4c([nH]c5ccccc45)C3(C(=O)OC)C(C(=O)OC)=C2)c1. The van der Waals surface area contributed by atoms with Crippen molar-refractivity contribution >= 4 is 55.2 Å². The Balaban J connectivity index is 1.76. The van der Waals surface area contributed by atoms with Gasteiger partial charge in [0.05, 0.1) is 31.1 Å². The number of hydrogen-bond donors (Lipinski definition) is 2. The van der Waals surface area contributed by atoms with Crippen molar-refractivity contribution in [3.63, 3.8) is 0 Å². The summed E-state index contributed by atoms with van der Waals surface area (Å²) in [5, 5.41) is 11.6. The first kappa shape index (κ1) is 23.5. The van der Waals surface area contributed by atoms with Crippen LogP contribution in [0.2, 0.25) is 0 Å². The largest absolute Gasteiger partial charge is 0.508 e. The van der Waals surface area contributed by atoms with E-state index in [4.69, 9.17) is 9.47 Å². The summed E-state index contributed by atoms with van der Waals surface area (Å²) < 4.78 is 10.4. The van der Waals surface area contributed by atoms with E-state index in [1.807, 2.05) is 32.1 Å². The van der Waals surface area contributed by atoms with Gasteiger partial charge in [0.25, 0.3) is 0 Å². The second-order valence-corrected chi connectivity index (χ2v) is 9.11. The predicted molar refractivity (Wildman–Crippen MR) is 139 cm³/mol. The van der Waals surface area contributed by atoms with Gasteiger partial charge >= 0.3 is 11.9 Å². The first-order chi connectivity index (χ1) is 17.2.